The van der Waals surface area contributed by atoms with Gasteiger partial charge in [-0.25, -0.2) is 0 Å². The number of hydrogen-bond donors (Lipinski definition) is 1. The quantitative estimate of drug-likeness (QED) is 0.735. The highest BCUT2D eigenvalue weighted by molar-refractivity contribution is 6.30. The molecule has 1 unspecified atom stereocenters. The summed E-state index contributed by atoms with van der Waals surface area (Å²) in [6.07, 6.45) is 3.78. The van der Waals surface area contributed by atoms with Gasteiger partial charge in [0.05, 0.1) is 0 Å². The Morgan fingerprint density at radius 1 is 1.12 bits per heavy atom. The molecule has 0 aromatic heterocycles. The van der Waals surface area contributed by atoms with Crippen LogP contribution in [0.5, 0.6) is 0 Å². The lowest BCUT2D eigenvalue weighted by atomic mass is 9.98. The Bertz CT molecular complexity index is 305. The van der Waals surface area contributed by atoms with Gasteiger partial charge < -0.3 is 5.32 Å². The topological polar surface area (TPSA) is 12.0 Å². The van der Waals surface area contributed by atoms with E-state index in [0.29, 0.717) is 6.04 Å². The first kappa shape index (κ1) is 14.5. The van der Waals surface area contributed by atoms with Crippen LogP contribution in [0, 0.1) is 5.92 Å². The molecule has 1 N–H and O–H groups in total. The molecule has 1 rings (SSSR count). The number of halogens is 1. The number of rotatable bonds is 7. The average molecular weight is 254 g/mol. The maximum Gasteiger partial charge on any atom is 0.0406 e. The van der Waals surface area contributed by atoms with Crippen LogP contribution in [0.15, 0.2) is 24.3 Å². The zero-order valence-corrected chi connectivity index (χ0v) is 11.9. The third-order valence-electron chi connectivity index (χ3n) is 3.00. The predicted octanol–water partition coefficient (Wildman–Crippen LogP) is 4.82. The summed E-state index contributed by atoms with van der Waals surface area (Å²) in [5, 5.41) is 4.36. The first-order valence-corrected chi connectivity index (χ1v) is 7.00. The summed E-state index contributed by atoms with van der Waals surface area (Å²) < 4.78 is 0. The lowest BCUT2D eigenvalue weighted by molar-refractivity contribution is 0.455. The van der Waals surface area contributed by atoms with Gasteiger partial charge in [0.1, 0.15) is 0 Å². The largest absolute Gasteiger partial charge is 0.310 e. The van der Waals surface area contributed by atoms with E-state index >= 15 is 0 Å². The normalized spacial score (nSPS) is 13.0. The van der Waals surface area contributed by atoms with Crippen molar-refractivity contribution >= 4 is 11.6 Å². The monoisotopic (exact) mass is 253 g/mol. The van der Waals surface area contributed by atoms with E-state index in [1.165, 1.54) is 24.8 Å². The first-order chi connectivity index (χ1) is 8.13. The van der Waals surface area contributed by atoms with E-state index in [1.807, 2.05) is 12.1 Å². The van der Waals surface area contributed by atoms with Gasteiger partial charge in [-0.1, -0.05) is 57.3 Å². The molecule has 0 heterocycles. The zero-order chi connectivity index (χ0) is 12.7. The smallest absolute Gasteiger partial charge is 0.0406 e. The van der Waals surface area contributed by atoms with Crippen molar-refractivity contribution in [3.63, 3.8) is 0 Å². The van der Waals surface area contributed by atoms with Crippen LogP contribution in [0.25, 0.3) is 0 Å². The number of hydrogen-bond acceptors (Lipinski definition) is 1. The number of benzene rings is 1. The van der Waals surface area contributed by atoms with Crippen molar-refractivity contribution in [2.45, 2.75) is 46.1 Å². The maximum absolute atomic E-state index is 5.92. The fraction of sp³-hybridized carbons (Fsp3) is 0.600. The van der Waals surface area contributed by atoms with E-state index in [-0.39, 0.29) is 0 Å². The molecule has 0 saturated carbocycles. The second-order valence-corrected chi connectivity index (χ2v) is 5.42. The molecule has 0 aliphatic rings. The van der Waals surface area contributed by atoms with Gasteiger partial charge in [-0.15, -0.1) is 0 Å². The van der Waals surface area contributed by atoms with Gasteiger partial charge in [0.15, 0.2) is 0 Å². The molecule has 0 saturated heterocycles. The van der Waals surface area contributed by atoms with Crippen molar-refractivity contribution in [2.24, 2.45) is 5.92 Å². The van der Waals surface area contributed by atoms with Gasteiger partial charge in [0.25, 0.3) is 0 Å². The molecule has 0 spiro atoms. The summed E-state index contributed by atoms with van der Waals surface area (Å²) in [6.45, 7) is 7.73. The fourth-order valence-corrected chi connectivity index (χ4v) is 2.18. The Labute approximate surface area is 111 Å². The molecule has 2 heteroatoms. The van der Waals surface area contributed by atoms with Crippen molar-refractivity contribution < 1.29 is 0 Å². The van der Waals surface area contributed by atoms with E-state index in [0.717, 1.165) is 17.5 Å². The Morgan fingerprint density at radius 2 is 1.76 bits per heavy atom. The lowest BCUT2D eigenvalue weighted by Gasteiger charge is -2.19. The van der Waals surface area contributed by atoms with E-state index in [2.05, 4.69) is 38.2 Å². The third-order valence-corrected chi connectivity index (χ3v) is 3.25. The zero-order valence-electron chi connectivity index (χ0n) is 11.2. The molecule has 1 aromatic carbocycles. The summed E-state index contributed by atoms with van der Waals surface area (Å²) in [7, 11) is 0. The minimum Gasteiger partial charge on any atom is -0.310 e. The molecule has 1 aromatic rings. The first-order valence-electron chi connectivity index (χ1n) is 6.62. The molecule has 1 atom stereocenters. The van der Waals surface area contributed by atoms with E-state index in [4.69, 9.17) is 11.6 Å². The van der Waals surface area contributed by atoms with Crippen LogP contribution in [-0.2, 0) is 0 Å². The van der Waals surface area contributed by atoms with Gasteiger partial charge in [-0.3, -0.25) is 0 Å². The van der Waals surface area contributed by atoms with Gasteiger partial charge in [0.2, 0.25) is 0 Å². The molecule has 96 valence electrons. The van der Waals surface area contributed by atoms with Gasteiger partial charge in [-0.05, 0) is 36.6 Å². The second-order valence-electron chi connectivity index (χ2n) is 4.99. The van der Waals surface area contributed by atoms with Crippen LogP contribution in [0.4, 0.5) is 0 Å². The molecule has 0 aliphatic heterocycles. The van der Waals surface area contributed by atoms with E-state index in [9.17, 15) is 0 Å². The van der Waals surface area contributed by atoms with Gasteiger partial charge >= 0.3 is 0 Å². The molecule has 17 heavy (non-hydrogen) atoms. The van der Waals surface area contributed by atoms with Crippen LogP contribution < -0.4 is 5.32 Å². The van der Waals surface area contributed by atoms with Crippen molar-refractivity contribution in [3.05, 3.63) is 34.9 Å². The van der Waals surface area contributed by atoms with Crippen LogP contribution in [0.3, 0.4) is 0 Å². The molecular formula is C15H24ClN. The molecule has 0 aliphatic carbocycles. The molecule has 1 nitrogen and oxygen atoms in total. The minimum atomic E-state index is 0.469. The average Bonchev–Trinajstić information content (AvgIpc) is 2.29. The molecule has 0 fully saturated rings. The molecular weight excluding hydrogens is 230 g/mol. The molecule has 0 bridgehead atoms. The molecule has 0 radical (unpaired) electrons. The summed E-state index contributed by atoms with van der Waals surface area (Å²) in [4.78, 5) is 0. The van der Waals surface area contributed by atoms with Crippen molar-refractivity contribution in [1.82, 2.24) is 5.32 Å². The fourth-order valence-electron chi connectivity index (χ4n) is 2.06. The van der Waals surface area contributed by atoms with Crippen molar-refractivity contribution in [1.29, 1.82) is 0 Å². The summed E-state index contributed by atoms with van der Waals surface area (Å²) in [5.41, 5.74) is 1.35. The van der Waals surface area contributed by atoms with Gasteiger partial charge in [-0.2, -0.15) is 0 Å². The maximum atomic E-state index is 5.92. The highest BCUT2D eigenvalue weighted by Crippen LogP contribution is 2.22. The van der Waals surface area contributed by atoms with Crippen molar-refractivity contribution in [3.8, 4) is 0 Å². The summed E-state index contributed by atoms with van der Waals surface area (Å²) in [6, 6.07) is 8.68. The highest BCUT2D eigenvalue weighted by Gasteiger charge is 2.09. The Hall–Kier alpha value is -0.530. The molecule has 0 amide bonds. The van der Waals surface area contributed by atoms with E-state index in [1.54, 1.807) is 0 Å². The SMILES string of the molecule is CCNC(CCCC(C)C)c1ccc(Cl)cc1. The van der Waals surface area contributed by atoms with Crippen LogP contribution in [0.1, 0.15) is 51.6 Å². The Kier molecular flexibility index (Phi) is 6.61. The second kappa shape index (κ2) is 7.73. The Balaban J connectivity index is 2.55. The predicted molar refractivity (Wildman–Crippen MR) is 76.6 cm³/mol. The lowest BCUT2D eigenvalue weighted by Crippen LogP contribution is -2.20. The van der Waals surface area contributed by atoms with Crippen LogP contribution >= 0.6 is 11.6 Å². The number of nitrogens with one attached hydrogen (secondary N) is 1. The van der Waals surface area contributed by atoms with Crippen LogP contribution in [-0.4, -0.2) is 6.54 Å². The third kappa shape index (κ3) is 5.56. The van der Waals surface area contributed by atoms with E-state index < -0.39 is 0 Å². The minimum absolute atomic E-state index is 0.469. The Morgan fingerprint density at radius 3 is 2.29 bits per heavy atom. The highest BCUT2D eigenvalue weighted by atomic mass is 35.5. The summed E-state index contributed by atoms with van der Waals surface area (Å²) >= 11 is 5.92. The standard InChI is InChI=1S/C15H24ClN/c1-4-17-15(7-5-6-12(2)3)13-8-10-14(16)11-9-13/h8-12,15,17H,4-7H2,1-3H3. The van der Waals surface area contributed by atoms with Gasteiger partial charge in [0, 0.05) is 11.1 Å². The van der Waals surface area contributed by atoms with Crippen molar-refractivity contribution in [2.75, 3.05) is 6.54 Å². The summed E-state index contributed by atoms with van der Waals surface area (Å²) in [5.74, 6) is 0.794. The van der Waals surface area contributed by atoms with Crippen LogP contribution in [0.2, 0.25) is 5.02 Å².